The quantitative estimate of drug-likeness (QED) is 0.487. The summed E-state index contributed by atoms with van der Waals surface area (Å²) in [6.07, 6.45) is 0. The number of aromatic hydroxyl groups is 1. The molecule has 0 fully saturated rings. The second-order valence-corrected chi connectivity index (χ2v) is 8.25. The first kappa shape index (κ1) is 19.6. The monoisotopic (exact) mass is 428 g/mol. The van der Waals surface area contributed by atoms with Gasteiger partial charge in [-0.2, -0.15) is 0 Å². The van der Waals surface area contributed by atoms with Gasteiger partial charge in [0.1, 0.15) is 11.6 Å². The highest BCUT2D eigenvalue weighted by molar-refractivity contribution is 8.01. The minimum absolute atomic E-state index is 0.00839. The molecule has 0 radical (unpaired) electrons. The predicted molar refractivity (Wildman–Crippen MR) is 115 cm³/mol. The van der Waals surface area contributed by atoms with Crippen molar-refractivity contribution in [1.82, 2.24) is 0 Å². The van der Waals surface area contributed by atoms with Gasteiger partial charge in [0.2, 0.25) is 0 Å². The molecule has 3 aromatic carbocycles. The van der Waals surface area contributed by atoms with Crippen molar-refractivity contribution in [1.29, 1.82) is 0 Å². The molecular formula is C22H18ClFN2O2S. The summed E-state index contributed by atoms with van der Waals surface area (Å²) in [5.41, 5.74) is 2.96. The van der Waals surface area contributed by atoms with Crippen LogP contribution in [0.3, 0.4) is 0 Å². The molecular weight excluding hydrogens is 411 g/mol. The summed E-state index contributed by atoms with van der Waals surface area (Å²) in [4.78, 5) is 15.8. The van der Waals surface area contributed by atoms with Crippen molar-refractivity contribution in [3.63, 3.8) is 0 Å². The van der Waals surface area contributed by atoms with E-state index >= 15 is 0 Å². The number of halogens is 2. The average molecular weight is 429 g/mol. The smallest absolute Gasteiger partial charge is 0.339 e. The minimum atomic E-state index is -0.455. The highest BCUT2D eigenvalue weighted by Gasteiger charge is 2.33. The van der Waals surface area contributed by atoms with Crippen molar-refractivity contribution in [3.05, 3.63) is 82.1 Å². The van der Waals surface area contributed by atoms with Crippen LogP contribution in [0.25, 0.3) is 0 Å². The van der Waals surface area contributed by atoms with E-state index in [1.807, 2.05) is 24.3 Å². The number of phenolic OH excluding ortho intramolecular Hbond substituents is 1. The number of aryl methyl sites for hydroxylation is 2. The van der Waals surface area contributed by atoms with Crippen LogP contribution in [-0.4, -0.2) is 11.1 Å². The van der Waals surface area contributed by atoms with Gasteiger partial charge in [-0.25, -0.2) is 13.5 Å². The molecule has 1 heterocycles. The molecule has 148 valence electrons. The summed E-state index contributed by atoms with van der Waals surface area (Å²) in [6.45, 7) is 3.58. The number of carbonyl (C=O) groups excluding carboxylic acids is 1. The normalized spacial score (nSPS) is 13.6. The Morgan fingerprint density at radius 3 is 2.45 bits per heavy atom. The third-order valence-corrected chi connectivity index (χ3v) is 6.28. The fraction of sp³-hybridized carbons (Fsp3) is 0.136. The fourth-order valence-electron chi connectivity index (χ4n) is 3.32. The number of carbonyl (C=O) groups is 1. The maximum absolute atomic E-state index is 14.4. The van der Waals surface area contributed by atoms with Crippen LogP contribution < -0.4 is 9.21 Å². The van der Waals surface area contributed by atoms with E-state index in [1.54, 1.807) is 36.4 Å². The van der Waals surface area contributed by atoms with E-state index in [2.05, 4.69) is 0 Å². The highest BCUT2D eigenvalue weighted by atomic mass is 35.5. The maximum atomic E-state index is 14.4. The number of benzene rings is 3. The molecule has 1 aliphatic heterocycles. The number of anilines is 2. The van der Waals surface area contributed by atoms with Gasteiger partial charge >= 0.3 is 6.03 Å². The number of para-hydroxylation sites is 1. The lowest BCUT2D eigenvalue weighted by Gasteiger charge is -2.36. The van der Waals surface area contributed by atoms with E-state index in [1.165, 1.54) is 29.0 Å². The number of hydrogen-bond acceptors (Lipinski definition) is 3. The molecule has 4 rings (SSSR count). The third-order valence-electron chi connectivity index (χ3n) is 4.84. The van der Waals surface area contributed by atoms with Crippen LogP contribution in [0.5, 0.6) is 5.75 Å². The predicted octanol–water partition coefficient (Wildman–Crippen LogP) is 6.46. The van der Waals surface area contributed by atoms with Crippen molar-refractivity contribution in [2.45, 2.75) is 25.3 Å². The summed E-state index contributed by atoms with van der Waals surface area (Å²) >= 11 is 7.51. The molecule has 0 aliphatic carbocycles. The Kier molecular flexibility index (Phi) is 5.15. The fourth-order valence-corrected chi connectivity index (χ4v) is 4.53. The Morgan fingerprint density at radius 2 is 1.76 bits per heavy atom. The lowest BCUT2D eigenvalue weighted by atomic mass is 10.1. The highest BCUT2D eigenvalue weighted by Crippen LogP contribution is 2.43. The SMILES string of the molecule is Cc1cc(N2Sc3ccccc3N(Cc3c(F)cccc3Cl)C2=O)cc(C)c1O. The van der Waals surface area contributed by atoms with Gasteiger partial charge in [-0.1, -0.05) is 29.8 Å². The Morgan fingerprint density at radius 1 is 1.07 bits per heavy atom. The molecule has 0 aromatic heterocycles. The lowest BCUT2D eigenvalue weighted by Crippen LogP contribution is -2.43. The van der Waals surface area contributed by atoms with Crippen LogP contribution in [0.2, 0.25) is 5.02 Å². The molecule has 3 aromatic rings. The molecule has 1 N–H and O–H groups in total. The second kappa shape index (κ2) is 7.61. The van der Waals surface area contributed by atoms with Crippen LogP contribution in [-0.2, 0) is 6.54 Å². The van der Waals surface area contributed by atoms with Gasteiger partial charge < -0.3 is 5.11 Å². The van der Waals surface area contributed by atoms with Gasteiger partial charge in [-0.05, 0) is 73.3 Å². The number of amides is 2. The van der Waals surface area contributed by atoms with Gasteiger partial charge in [0, 0.05) is 10.6 Å². The molecule has 0 spiro atoms. The second-order valence-electron chi connectivity index (χ2n) is 6.85. The largest absolute Gasteiger partial charge is 0.507 e. The zero-order valence-corrected chi connectivity index (χ0v) is 17.4. The first-order chi connectivity index (χ1) is 13.9. The number of phenols is 1. The van der Waals surface area contributed by atoms with E-state index < -0.39 is 5.82 Å². The van der Waals surface area contributed by atoms with Crippen LogP contribution >= 0.6 is 23.5 Å². The zero-order valence-electron chi connectivity index (χ0n) is 15.8. The molecule has 0 saturated heterocycles. The zero-order chi connectivity index (χ0) is 20.7. The summed E-state index contributed by atoms with van der Waals surface area (Å²) in [5.74, 6) is -0.248. The average Bonchev–Trinajstić information content (AvgIpc) is 2.69. The van der Waals surface area contributed by atoms with Gasteiger partial charge in [-0.3, -0.25) is 4.90 Å². The van der Waals surface area contributed by atoms with Gasteiger partial charge in [-0.15, -0.1) is 0 Å². The number of hydrogen-bond donors (Lipinski definition) is 1. The van der Waals surface area contributed by atoms with Crippen LogP contribution in [0, 0.1) is 19.7 Å². The number of fused-ring (bicyclic) bond motifs is 1. The molecule has 0 unspecified atom stereocenters. The molecule has 0 saturated carbocycles. The van der Waals surface area contributed by atoms with E-state index in [0.717, 1.165) is 4.90 Å². The Bertz CT molecular complexity index is 1080. The van der Waals surface area contributed by atoms with Crippen LogP contribution in [0.15, 0.2) is 59.5 Å². The Balaban J connectivity index is 1.80. The summed E-state index contributed by atoms with van der Waals surface area (Å²) in [7, 11) is 0. The third kappa shape index (κ3) is 3.54. The standard InChI is InChI=1S/C22H18ClFN2O2S/c1-13-10-15(11-14(2)21(13)27)26-22(28)25(19-8-3-4-9-20(19)29-26)12-16-17(23)6-5-7-18(16)24/h3-11,27H,12H2,1-2H3. The van der Waals surface area contributed by atoms with E-state index in [-0.39, 0.29) is 28.9 Å². The molecule has 0 bridgehead atoms. The van der Waals surface area contributed by atoms with Crippen LogP contribution in [0.1, 0.15) is 16.7 Å². The first-order valence-corrected chi connectivity index (χ1v) is 10.1. The summed E-state index contributed by atoms with van der Waals surface area (Å²) in [5, 5.41) is 10.4. The first-order valence-electron chi connectivity index (χ1n) is 8.98. The molecule has 2 amide bonds. The van der Waals surface area contributed by atoms with Crippen molar-refractivity contribution in [2.24, 2.45) is 0 Å². The van der Waals surface area contributed by atoms with Crippen LogP contribution in [0.4, 0.5) is 20.6 Å². The number of urea groups is 1. The maximum Gasteiger partial charge on any atom is 0.339 e. The minimum Gasteiger partial charge on any atom is -0.507 e. The van der Waals surface area contributed by atoms with E-state index in [4.69, 9.17) is 11.6 Å². The summed E-state index contributed by atoms with van der Waals surface area (Å²) in [6, 6.07) is 15.2. The molecule has 29 heavy (non-hydrogen) atoms. The van der Waals surface area contributed by atoms with E-state index in [0.29, 0.717) is 22.5 Å². The van der Waals surface area contributed by atoms with Crippen molar-refractivity contribution >= 4 is 41.0 Å². The topological polar surface area (TPSA) is 43.8 Å². The van der Waals surface area contributed by atoms with Crippen molar-refractivity contribution in [2.75, 3.05) is 9.21 Å². The lowest BCUT2D eigenvalue weighted by molar-refractivity contribution is 0.254. The van der Waals surface area contributed by atoms with E-state index in [9.17, 15) is 14.3 Å². The van der Waals surface area contributed by atoms with Gasteiger partial charge in [0.05, 0.1) is 22.8 Å². The number of nitrogens with zero attached hydrogens (tertiary/aromatic N) is 2. The summed E-state index contributed by atoms with van der Waals surface area (Å²) < 4.78 is 16.0. The molecule has 7 heteroatoms. The Labute approximate surface area is 177 Å². The van der Waals surface area contributed by atoms with Gasteiger partial charge in [0.25, 0.3) is 0 Å². The van der Waals surface area contributed by atoms with Gasteiger partial charge in [0.15, 0.2) is 0 Å². The van der Waals surface area contributed by atoms with Crippen molar-refractivity contribution in [3.8, 4) is 5.75 Å². The molecule has 4 nitrogen and oxygen atoms in total. The van der Waals surface area contributed by atoms with Crippen molar-refractivity contribution < 1.29 is 14.3 Å². The number of rotatable bonds is 3. The molecule has 0 atom stereocenters. The Hall–Kier alpha value is -2.70. The molecule has 1 aliphatic rings.